The van der Waals surface area contributed by atoms with Crippen LogP contribution < -0.4 is 5.32 Å². The maximum Gasteiger partial charge on any atom is 0.416 e. The Morgan fingerprint density at radius 1 is 1.35 bits per heavy atom. The summed E-state index contributed by atoms with van der Waals surface area (Å²) in [4.78, 5) is 13.0. The van der Waals surface area contributed by atoms with Gasteiger partial charge >= 0.3 is 6.18 Å². The molecule has 0 fully saturated rings. The third kappa shape index (κ3) is 4.44. The molecule has 6 heteroatoms. The zero-order valence-electron chi connectivity index (χ0n) is 9.51. The van der Waals surface area contributed by atoms with Crippen LogP contribution in [-0.4, -0.2) is 31.4 Å². The lowest BCUT2D eigenvalue weighted by atomic mass is 10.2. The van der Waals surface area contributed by atoms with Gasteiger partial charge in [-0.05, 0) is 32.3 Å². The monoisotopic (exact) mass is 246 g/mol. The van der Waals surface area contributed by atoms with E-state index < -0.39 is 11.7 Å². The largest absolute Gasteiger partial charge is 0.416 e. The van der Waals surface area contributed by atoms with Gasteiger partial charge in [-0.1, -0.05) is 6.07 Å². The normalized spacial score (nSPS) is 11.6. The molecule has 0 bridgehead atoms. The smallest absolute Gasteiger partial charge is 0.325 e. The van der Waals surface area contributed by atoms with Crippen LogP contribution >= 0.6 is 0 Å². The molecule has 0 radical (unpaired) electrons. The molecule has 0 aliphatic heterocycles. The number of benzene rings is 1. The maximum absolute atomic E-state index is 12.4. The second kappa shape index (κ2) is 5.18. The van der Waals surface area contributed by atoms with Gasteiger partial charge in [0.1, 0.15) is 0 Å². The molecule has 94 valence electrons. The zero-order chi connectivity index (χ0) is 13.1. The van der Waals surface area contributed by atoms with Crippen molar-refractivity contribution in [1.82, 2.24) is 4.90 Å². The van der Waals surface area contributed by atoms with E-state index in [0.29, 0.717) is 0 Å². The molecule has 0 aliphatic carbocycles. The van der Waals surface area contributed by atoms with Gasteiger partial charge in [-0.2, -0.15) is 13.2 Å². The Labute approximate surface area is 97.2 Å². The highest BCUT2D eigenvalue weighted by Gasteiger charge is 2.30. The maximum atomic E-state index is 12.4. The van der Waals surface area contributed by atoms with E-state index in [9.17, 15) is 18.0 Å². The van der Waals surface area contributed by atoms with Gasteiger partial charge in [0.05, 0.1) is 12.1 Å². The SMILES string of the molecule is CN(C)CC(=O)Nc1cccc(C(F)(F)F)c1. The molecule has 3 nitrogen and oxygen atoms in total. The molecular formula is C11H13F3N2O. The van der Waals surface area contributed by atoms with Gasteiger partial charge in [-0.25, -0.2) is 0 Å². The van der Waals surface area contributed by atoms with E-state index in [1.807, 2.05) is 0 Å². The molecule has 0 saturated carbocycles. The quantitative estimate of drug-likeness (QED) is 0.886. The number of nitrogens with one attached hydrogen (secondary N) is 1. The number of likely N-dealkylation sites (N-methyl/N-ethyl adjacent to an activating group) is 1. The highest BCUT2D eigenvalue weighted by molar-refractivity contribution is 5.92. The molecule has 1 aromatic rings. The summed E-state index contributed by atoms with van der Waals surface area (Å²) in [6.07, 6.45) is -4.40. The van der Waals surface area contributed by atoms with E-state index in [-0.39, 0.29) is 18.1 Å². The first kappa shape index (κ1) is 13.5. The summed E-state index contributed by atoms with van der Waals surface area (Å²) in [7, 11) is 3.40. The number of hydrogen-bond donors (Lipinski definition) is 1. The van der Waals surface area contributed by atoms with Crippen LogP contribution in [-0.2, 0) is 11.0 Å². The molecule has 0 aromatic heterocycles. The molecule has 0 heterocycles. The van der Waals surface area contributed by atoms with Crippen LogP contribution in [0.3, 0.4) is 0 Å². The number of alkyl halides is 3. The fourth-order valence-electron chi connectivity index (χ4n) is 1.26. The first-order chi connectivity index (χ1) is 7.79. The second-order valence-corrected chi connectivity index (χ2v) is 3.86. The standard InChI is InChI=1S/C11H13F3N2O/c1-16(2)7-10(17)15-9-5-3-4-8(6-9)11(12,13)14/h3-6H,7H2,1-2H3,(H,15,17). The molecule has 0 spiro atoms. The van der Waals surface area contributed by atoms with Crippen molar-refractivity contribution in [3.05, 3.63) is 29.8 Å². The summed E-state index contributed by atoms with van der Waals surface area (Å²) in [5.74, 6) is -0.352. The van der Waals surface area contributed by atoms with E-state index in [1.165, 1.54) is 12.1 Å². The van der Waals surface area contributed by atoms with Crippen LogP contribution in [0, 0.1) is 0 Å². The highest BCUT2D eigenvalue weighted by atomic mass is 19.4. The molecule has 0 unspecified atom stereocenters. The number of hydrogen-bond acceptors (Lipinski definition) is 2. The molecule has 1 rings (SSSR count). The molecule has 0 saturated heterocycles. The predicted octanol–water partition coefficient (Wildman–Crippen LogP) is 2.21. The van der Waals surface area contributed by atoms with E-state index in [2.05, 4.69) is 5.32 Å². The number of carbonyl (C=O) groups excluding carboxylic acids is 1. The Morgan fingerprint density at radius 3 is 2.53 bits per heavy atom. The fraction of sp³-hybridized carbons (Fsp3) is 0.364. The van der Waals surface area contributed by atoms with Crippen LogP contribution in [0.15, 0.2) is 24.3 Å². The topological polar surface area (TPSA) is 32.3 Å². The summed E-state index contributed by atoms with van der Waals surface area (Å²) < 4.78 is 37.2. The lowest BCUT2D eigenvalue weighted by Crippen LogP contribution is -2.27. The average Bonchev–Trinajstić information content (AvgIpc) is 2.15. The van der Waals surface area contributed by atoms with Gasteiger partial charge < -0.3 is 10.2 Å². The molecule has 1 N–H and O–H groups in total. The van der Waals surface area contributed by atoms with Gasteiger partial charge in [0.15, 0.2) is 0 Å². The lowest BCUT2D eigenvalue weighted by molar-refractivity contribution is -0.137. The Balaban J connectivity index is 2.76. The van der Waals surface area contributed by atoms with Crippen LogP contribution in [0.1, 0.15) is 5.56 Å². The molecular weight excluding hydrogens is 233 g/mol. The van der Waals surface area contributed by atoms with Crippen molar-refractivity contribution in [2.24, 2.45) is 0 Å². The number of rotatable bonds is 3. The van der Waals surface area contributed by atoms with Crippen molar-refractivity contribution in [2.45, 2.75) is 6.18 Å². The number of nitrogens with zero attached hydrogens (tertiary/aromatic N) is 1. The minimum Gasteiger partial charge on any atom is -0.325 e. The van der Waals surface area contributed by atoms with E-state index in [1.54, 1.807) is 19.0 Å². The minimum absolute atomic E-state index is 0.121. The molecule has 1 aromatic carbocycles. The van der Waals surface area contributed by atoms with Crippen molar-refractivity contribution in [2.75, 3.05) is 26.0 Å². The van der Waals surface area contributed by atoms with Crippen LogP contribution in [0.25, 0.3) is 0 Å². The van der Waals surface area contributed by atoms with E-state index >= 15 is 0 Å². The van der Waals surface area contributed by atoms with Gasteiger partial charge in [-0.15, -0.1) is 0 Å². The summed E-state index contributed by atoms with van der Waals surface area (Å²) in [5.41, 5.74) is -0.633. The Kier molecular flexibility index (Phi) is 4.11. The summed E-state index contributed by atoms with van der Waals surface area (Å²) in [5, 5.41) is 2.41. The van der Waals surface area contributed by atoms with Crippen molar-refractivity contribution in [3.8, 4) is 0 Å². The van der Waals surface area contributed by atoms with Gasteiger partial charge in [0, 0.05) is 5.69 Å². The van der Waals surface area contributed by atoms with Crippen LogP contribution in [0.5, 0.6) is 0 Å². The second-order valence-electron chi connectivity index (χ2n) is 3.86. The third-order valence-electron chi connectivity index (χ3n) is 1.93. The number of amides is 1. The van der Waals surface area contributed by atoms with Crippen molar-refractivity contribution >= 4 is 11.6 Å². The zero-order valence-corrected chi connectivity index (χ0v) is 9.51. The third-order valence-corrected chi connectivity index (χ3v) is 1.93. The Morgan fingerprint density at radius 2 is 2.00 bits per heavy atom. The van der Waals surface area contributed by atoms with Gasteiger partial charge in [0.2, 0.25) is 5.91 Å². The first-order valence-electron chi connectivity index (χ1n) is 4.91. The van der Waals surface area contributed by atoms with Crippen molar-refractivity contribution in [1.29, 1.82) is 0 Å². The van der Waals surface area contributed by atoms with Crippen LogP contribution in [0.4, 0.5) is 18.9 Å². The molecule has 17 heavy (non-hydrogen) atoms. The first-order valence-corrected chi connectivity index (χ1v) is 4.91. The number of anilines is 1. The molecule has 0 aliphatic rings. The Hall–Kier alpha value is -1.56. The van der Waals surface area contributed by atoms with Crippen molar-refractivity contribution in [3.63, 3.8) is 0 Å². The van der Waals surface area contributed by atoms with Crippen molar-refractivity contribution < 1.29 is 18.0 Å². The van der Waals surface area contributed by atoms with E-state index in [4.69, 9.17) is 0 Å². The van der Waals surface area contributed by atoms with Gasteiger partial charge in [-0.3, -0.25) is 4.79 Å². The summed E-state index contributed by atoms with van der Waals surface area (Å²) >= 11 is 0. The fourth-order valence-corrected chi connectivity index (χ4v) is 1.26. The predicted molar refractivity (Wildman–Crippen MR) is 58.6 cm³/mol. The highest BCUT2D eigenvalue weighted by Crippen LogP contribution is 2.30. The average molecular weight is 246 g/mol. The summed E-state index contributed by atoms with van der Waals surface area (Å²) in [6, 6.07) is 4.55. The number of carbonyl (C=O) groups is 1. The lowest BCUT2D eigenvalue weighted by Gasteiger charge is -2.12. The Bertz CT molecular complexity index is 402. The van der Waals surface area contributed by atoms with Gasteiger partial charge in [0.25, 0.3) is 0 Å². The van der Waals surface area contributed by atoms with Crippen LogP contribution in [0.2, 0.25) is 0 Å². The molecule has 1 amide bonds. The minimum atomic E-state index is -4.40. The molecule has 0 atom stereocenters. The summed E-state index contributed by atoms with van der Waals surface area (Å²) in [6.45, 7) is 0.121. The number of halogens is 3. The van der Waals surface area contributed by atoms with E-state index in [0.717, 1.165) is 12.1 Å².